The molecule has 27 heavy (non-hydrogen) atoms. The van der Waals surface area contributed by atoms with Gasteiger partial charge < -0.3 is 18.9 Å². The number of carbonyl (C=O) groups excluding carboxylic acids is 1. The minimum absolute atomic E-state index is 0.155. The van der Waals surface area contributed by atoms with Crippen molar-refractivity contribution < 1.29 is 23.7 Å². The number of benzene rings is 1. The van der Waals surface area contributed by atoms with E-state index in [1.165, 1.54) is 6.92 Å². The standard InChI is InChI=1S/C22H27O5/c1-7-22(3,4)18-12-17(20(25-6)13-21(18)27-15(2)23)16-10-8-9-11-19(16)26-14-24-5/h7-8,10-13H,1,9,14H2,2-6H3. The average Bonchev–Trinajstić information content (AvgIpc) is 2.65. The van der Waals surface area contributed by atoms with Crippen LogP contribution >= 0.6 is 0 Å². The molecule has 0 saturated carbocycles. The Hall–Kier alpha value is -2.53. The Morgan fingerprint density at radius 1 is 1.26 bits per heavy atom. The van der Waals surface area contributed by atoms with Crippen LogP contribution in [0.1, 0.15) is 38.3 Å². The predicted molar refractivity (Wildman–Crippen MR) is 105 cm³/mol. The third-order valence-electron chi connectivity index (χ3n) is 4.37. The molecule has 0 fully saturated rings. The molecule has 0 amide bonds. The third-order valence-corrected chi connectivity index (χ3v) is 4.37. The quantitative estimate of drug-likeness (QED) is 0.290. The van der Waals surface area contributed by atoms with Crippen LogP contribution in [0.5, 0.6) is 11.5 Å². The second-order valence-electron chi connectivity index (χ2n) is 6.74. The molecule has 1 radical (unpaired) electrons. The third kappa shape index (κ3) is 4.80. The van der Waals surface area contributed by atoms with E-state index in [0.717, 1.165) is 28.9 Å². The van der Waals surface area contributed by atoms with E-state index >= 15 is 0 Å². The zero-order chi connectivity index (χ0) is 20.0. The van der Waals surface area contributed by atoms with Gasteiger partial charge in [-0.3, -0.25) is 4.79 Å². The van der Waals surface area contributed by atoms with Crippen molar-refractivity contribution in [3.63, 3.8) is 0 Å². The highest BCUT2D eigenvalue weighted by atomic mass is 16.7. The number of ether oxygens (including phenoxy) is 4. The van der Waals surface area contributed by atoms with Gasteiger partial charge in [0.15, 0.2) is 6.79 Å². The maximum absolute atomic E-state index is 11.6. The molecule has 0 heterocycles. The summed E-state index contributed by atoms with van der Waals surface area (Å²) in [4.78, 5) is 11.6. The average molecular weight is 371 g/mol. The van der Waals surface area contributed by atoms with Gasteiger partial charge in [-0.1, -0.05) is 26.0 Å². The van der Waals surface area contributed by atoms with E-state index in [0.29, 0.717) is 11.5 Å². The summed E-state index contributed by atoms with van der Waals surface area (Å²) in [7, 11) is 3.17. The van der Waals surface area contributed by atoms with Gasteiger partial charge in [0, 0.05) is 42.2 Å². The molecule has 0 unspecified atom stereocenters. The van der Waals surface area contributed by atoms with E-state index in [1.54, 1.807) is 20.3 Å². The molecule has 0 spiro atoms. The first-order chi connectivity index (χ1) is 12.8. The van der Waals surface area contributed by atoms with Crippen LogP contribution in [-0.4, -0.2) is 27.0 Å². The SMILES string of the molecule is C=CC(C)(C)c1cc(C2=C[CH]CC=C2OCOC)c(OC)cc1OC(C)=O. The van der Waals surface area contributed by atoms with Crippen LogP contribution in [0.3, 0.4) is 0 Å². The van der Waals surface area contributed by atoms with Crippen molar-refractivity contribution in [2.45, 2.75) is 32.6 Å². The minimum atomic E-state index is -0.415. The maximum atomic E-state index is 11.6. The van der Waals surface area contributed by atoms with Gasteiger partial charge in [-0.25, -0.2) is 0 Å². The predicted octanol–water partition coefficient (Wildman–Crippen LogP) is 4.58. The van der Waals surface area contributed by atoms with E-state index in [9.17, 15) is 4.79 Å². The van der Waals surface area contributed by atoms with Gasteiger partial charge in [0.2, 0.25) is 0 Å². The summed E-state index contributed by atoms with van der Waals surface area (Å²) in [6.07, 6.45) is 8.64. The van der Waals surface area contributed by atoms with Crippen LogP contribution in [-0.2, 0) is 19.7 Å². The molecule has 5 heteroatoms. The van der Waals surface area contributed by atoms with Gasteiger partial charge in [-0.15, -0.1) is 6.58 Å². The number of rotatable bonds is 8. The first-order valence-electron chi connectivity index (χ1n) is 8.74. The molecule has 1 aliphatic carbocycles. The second kappa shape index (κ2) is 8.91. The van der Waals surface area contributed by atoms with Gasteiger partial charge in [-0.05, 0) is 25.0 Å². The minimum Gasteiger partial charge on any atom is -0.496 e. The van der Waals surface area contributed by atoms with Crippen molar-refractivity contribution in [3.8, 4) is 11.5 Å². The van der Waals surface area contributed by atoms with Crippen LogP contribution in [0.4, 0.5) is 0 Å². The Kier molecular flexibility index (Phi) is 6.86. The van der Waals surface area contributed by atoms with E-state index in [4.69, 9.17) is 18.9 Å². The number of methoxy groups -OCH3 is 2. The zero-order valence-electron chi connectivity index (χ0n) is 16.6. The van der Waals surface area contributed by atoms with Crippen molar-refractivity contribution in [1.82, 2.24) is 0 Å². The molecular weight excluding hydrogens is 344 g/mol. The maximum Gasteiger partial charge on any atom is 0.308 e. The molecule has 5 nitrogen and oxygen atoms in total. The molecule has 1 aromatic carbocycles. The zero-order valence-corrected chi connectivity index (χ0v) is 16.6. The largest absolute Gasteiger partial charge is 0.496 e. The Labute approximate surface area is 161 Å². The van der Waals surface area contributed by atoms with E-state index in [2.05, 4.69) is 6.58 Å². The highest BCUT2D eigenvalue weighted by molar-refractivity contribution is 5.84. The molecule has 0 atom stereocenters. The number of hydrogen-bond acceptors (Lipinski definition) is 5. The molecule has 0 aromatic heterocycles. The second-order valence-corrected chi connectivity index (χ2v) is 6.74. The molecular formula is C22H27O5. The number of carbonyl (C=O) groups is 1. The normalized spacial score (nSPS) is 14.1. The van der Waals surface area contributed by atoms with Gasteiger partial charge in [0.25, 0.3) is 0 Å². The molecule has 1 aliphatic rings. The smallest absolute Gasteiger partial charge is 0.308 e. The van der Waals surface area contributed by atoms with E-state index < -0.39 is 5.41 Å². The molecule has 1 aromatic rings. The Bertz CT molecular complexity index is 771. The topological polar surface area (TPSA) is 54.0 Å². The van der Waals surface area contributed by atoms with Gasteiger partial charge in [0.05, 0.1) is 7.11 Å². The number of allylic oxidation sites excluding steroid dienone is 4. The molecule has 0 saturated heterocycles. The lowest BCUT2D eigenvalue weighted by Gasteiger charge is -2.26. The Balaban J connectivity index is 2.63. The fourth-order valence-corrected chi connectivity index (χ4v) is 2.83. The Morgan fingerprint density at radius 2 is 2.00 bits per heavy atom. The first-order valence-corrected chi connectivity index (χ1v) is 8.74. The Morgan fingerprint density at radius 3 is 2.59 bits per heavy atom. The lowest BCUT2D eigenvalue weighted by molar-refractivity contribution is -0.131. The van der Waals surface area contributed by atoms with Crippen LogP contribution in [0.15, 0.2) is 42.7 Å². The summed E-state index contributed by atoms with van der Waals surface area (Å²) in [5.74, 6) is 1.38. The molecule has 2 rings (SSSR count). The monoisotopic (exact) mass is 371 g/mol. The van der Waals surface area contributed by atoms with Gasteiger partial charge >= 0.3 is 5.97 Å². The van der Waals surface area contributed by atoms with Crippen molar-refractivity contribution in [3.05, 3.63) is 60.2 Å². The van der Waals surface area contributed by atoms with Crippen LogP contribution in [0.25, 0.3) is 5.57 Å². The number of hydrogen-bond donors (Lipinski definition) is 0. The molecule has 0 N–H and O–H groups in total. The fourth-order valence-electron chi connectivity index (χ4n) is 2.83. The van der Waals surface area contributed by atoms with Crippen molar-refractivity contribution >= 4 is 11.5 Å². The van der Waals surface area contributed by atoms with Crippen molar-refractivity contribution in [2.24, 2.45) is 0 Å². The molecule has 0 bridgehead atoms. The summed E-state index contributed by atoms with van der Waals surface area (Å²) in [6, 6.07) is 3.70. The van der Waals surface area contributed by atoms with Crippen molar-refractivity contribution in [1.29, 1.82) is 0 Å². The first kappa shape index (κ1) is 20.8. The summed E-state index contributed by atoms with van der Waals surface area (Å²) in [5, 5.41) is 0. The lowest BCUT2D eigenvalue weighted by Crippen LogP contribution is -2.17. The summed E-state index contributed by atoms with van der Waals surface area (Å²) < 4.78 is 21.8. The van der Waals surface area contributed by atoms with Crippen molar-refractivity contribution in [2.75, 3.05) is 21.0 Å². The molecule has 145 valence electrons. The summed E-state index contributed by atoms with van der Waals surface area (Å²) >= 11 is 0. The van der Waals surface area contributed by atoms with E-state index in [-0.39, 0.29) is 12.8 Å². The molecule has 0 aliphatic heterocycles. The van der Waals surface area contributed by atoms with Crippen LogP contribution in [0.2, 0.25) is 0 Å². The highest BCUT2D eigenvalue weighted by Crippen LogP contribution is 2.42. The van der Waals surface area contributed by atoms with Crippen LogP contribution in [0, 0.1) is 6.42 Å². The fraction of sp³-hybridized carbons (Fsp3) is 0.364. The van der Waals surface area contributed by atoms with Gasteiger partial charge in [0.1, 0.15) is 17.3 Å². The lowest BCUT2D eigenvalue weighted by atomic mass is 9.82. The summed E-state index contributed by atoms with van der Waals surface area (Å²) in [6.45, 7) is 9.48. The van der Waals surface area contributed by atoms with Crippen LogP contribution < -0.4 is 9.47 Å². The highest BCUT2D eigenvalue weighted by Gasteiger charge is 2.27. The summed E-state index contributed by atoms with van der Waals surface area (Å²) in [5.41, 5.74) is 2.14. The number of esters is 1. The van der Waals surface area contributed by atoms with Gasteiger partial charge in [-0.2, -0.15) is 0 Å². The van der Waals surface area contributed by atoms with E-state index in [1.807, 2.05) is 44.6 Å².